The van der Waals surface area contributed by atoms with E-state index in [1.807, 2.05) is 6.07 Å². The van der Waals surface area contributed by atoms with Crippen LogP contribution in [0, 0.1) is 23.1 Å². The van der Waals surface area contributed by atoms with Crippen molar-refractivity contribution >= 4 is 11.9 Å². The zero-order chi connectivity index (χ0) is 17.8. The number of nitrogens with one attached hydrogen (secondary N) is 1. The highest BCUT2D eigenvalue weighted by Gasteiger charge is 2.33. The van der Waals surface area contributed by atoms with Crippen molar-refractivity contribution < 1.29 is 9.18 Å². The summed E-state index contributed by atoms with van der Waals surface area (Å²) in [7, 11) is 1.76. The minimum Gasteiger partial charge on any atom is -0.346 e. The van der Waals surface area contributed by atoms with E-state index in [0.29, 0.717) is 18.1 Å². The minimum absolute atomic E-state index is 0.120. The fraction of sp³-hybridized carbons (Fsp3) is 0.333. The second-order valence-corrected chi connectivity index (χ2v) is 6.15. The SMILES string of the molecule is CN(CC(Nc1ncc(C#N)cn1)c1ccc(F)cc1)C(=O)C1CC1. The van der Waals surface area contributed by atoms with Gasteiger partial charge in [-0.1, -0.05) is 12.1 Å². The molecule has 1 atom stereocenters. The third-order valence-electron chi connectivity index (χ3n) is 4.12. The van der Waals surface area contributed by atoms with Gasteiger partial charge in [0.2, 0.25) is 11.9 Å². The largest absolute Gasteiger partial charge is 0.346 e. The molecular weight excluding hydrogens is 321 g/mol. The topological polar surface area (TPSA) is 81.9 Å². The van der Waals surface area contributed by atoms with E-state index in [-0.39, 0.29) is 23.7 Å². The van der Waals surface area contributed by atoms with Gasteiger partial charge < -0.3 is 10.2 Å². The van der Waals surface area contributed by atoms with Gasteiger partial charge in [-0.2, -0.15) is 5.26 Å². The number of hydrogen-bond acceptors (Lipinski definition) is 5. The first-order valence-electron chi connectivity index (χ1n) is 8.06. The van der Waals surface area contributed by atoms with Gasteiger partial charge >= 0.3 is 0 Å². The quantitative estimate of drug-likeness (QED) is 0.874. The predicted octanol–water partition coefficient (Wildman–Crippen LogP) is 2.51. The molecule has 0 radical (unpaired) electrons. The Morgan fingerprint density at radius 2 is 2.00 bits per heavy atom. The number of nitrogens with zero attached hydrogens (tertiary/aromatic N) is 4. The Morgan fingerprint density at radius 3 is 2.56 bits per heavy atom. The van der Waals surface area contributed by atoms with Gasteiger partial charge in [-0.25, -0.2) is 14.4 Å². The van der Waals surface area contributed by atoms with E-state index in [0.717, 1.165) is 18.4 Å². The summed E-state index contributed by atoms with van der Waals surface area (Å²) in [5, 5.41) is 12.0. The lowest BCUT2D eigenvalue weighted by Crippen LogP contribution is -2.34. The first-order chi connectivity index (χ1) is 12.1. The lowest BCUT2D eigenvalue weighted by atomic mass is 10.1. The van der Waals surface area contributed by atoms with E-state index in [2.05, 4.69) is 15.3 Å². The number of aromatic nitrogens is 2. The van der Waals surface area contributed by atoms with Crippen molar-refractivity contribution in [2.24, 2.45) is 5.92 Å². The number of nitriles is 1. The van der Waals surface area contributed by atoms with E-state index in [4.69, 9.17) is 5.26 Å². The van der Waals surface area contributed by atoms with E-state index >= 15 is 0 Å². The van der Waals surface area contributed by atoms with Crippen molar-refractivity contribution in [2.45, 2.75) is 18.9 Å². The van der Waals surface area contributed by atoms with Crippen LogP contribution in [0.3, 0.4) is 0 Å². The van der Waals surface area contributed by atoms with Crippen molar-refractivity contribution in [3.63, 3.8) is 0 Å². The highest BCUT2D eigenvalue weighted by molar-refractivity contribution is 5.80. The zero-order valence-corrected chi connectivity index (χ0v) is 13.8. The van der Waals surface area contributed by atoms with Crippen LogP contribution >= 0.6 is 0 Å². The van der Waals surface area contributed by atoms with Crippen LogP contribution in [0.2, 0.25) is 0 Å². The molecule has 0 aliphatic heterocycles. The molecule has 1 fully saturated rings. The maximum Gasteiger partial charge on any atom is 0.225 e. The summed E-state index contributed by atoms with van der Waals surface area (Å²) >= 11 is 0. The van der Waals surface area contributed by atoms with Crippen molar-refractivity contribution in [1.29, 1.82) is 5.26 Å². The van der Waals surface area contributed by atoms with Crippen LogP contribution in [0.5, 0.6) is 0 Å². The summed E-state index contributed by atoms with van der Waals surface area (Å²) in [6, 6.07) is 7.78. The number of amides is 1. The number of halogens is 1. The van der Waals surface area contributed by atoms with Gasteiger partial charge in [0.15, 0.2) is 0 Å². The average molecular weight is 339 g/mol. The van der Waals surface area contributed by atoms with E-state index in [1.165, 1.54) is 24.5 Å². The van der Waals surface area contributed by atoms with Gasteiger partial charge in [0, 0.05) is 19.5 Å². The number of carbonyl (C=O) groups excluding carboxylic acids is 1. The molecule has 1 aliphatic carbocycles. The number of anilines is 1. The first kappa shape index (κ1) is 16.8. The van der Waals surface area contributed by atoms with Gasteiger partial charge in [0.05, 0.1) is 24.0 Å². The second kappa shape index (κ2) is 7.26. The molecule has 1 unspecified atom stereocenters. The molecule has 25 heavy (non-hydrogen) atoms. The Hall–Kier alpha value is -3.01. The van der Waals surface area contributed by atoms with Crippen LogP contribution in [-0.4, -0.2) is 34.4 Å². The van der Waals surface area contributed by atoms with Crippen LogP contribution in [0.25, 0.3) is 0 Å². The third-order valence-corrected chi connectivity index (χ3v) is 4.12. The van der Waals surface area contributed by atoms with Gasteiger partial charge in [-0.3, -0.25) is 4.79 Å². The van der Waals surface area contributed by atoms with Crippen molar-refractivity contribution in [2.75, 3.05) is 18.9 Å². The van der Waals surface area contributed by atoms with Crippen LogP contribution in [0.15, 0.2) is 36.7 Å². The molecule has 6 nitrogen and oxygen atoms in total. The summed E-state index contributed by atoms with van der Waals surface area (Å²) in [6.45, 7) is 0.407. The molecule has 1 amide bonds. The standard InChI is InChI=1S/C18H18FN5O/c1-24(17(25)14-2-3-14)11-16(13-4-6-15(19)7-5-13)23-18-21-9-12(8-20)10-22-18/h4-7,9-10,14,16H,2-3,11H2,1H3,(H,21,22,23). The molecule has 0 spiro atoms. The molecule has 1 N–H and O–H groups in total. The molecule has 0 saturated heterocycles. The Morgan fingerprint density at radius 1 is 1.36 bits per heavy atom. The maximum atomic E-state index is 13.2. The number of carbonyl (C=O) groups is 1. The smallest absolute Gasteiger partial charge is 0.225 e. The molecule has 2 aromatic rings. The molecule has 1 saturated carbocycles. The highest BCUT2D eigenvalue weighted by atomic mass is 19.1. The molecule has 1 aliphatic rings. The highest BCUT2D eigenvalue weighted by Crippen LogP contribution is 2.31. The fourth-order valence-electron chi connectivity index (χ4n) is 2.55. The minimum atomic E-state index is -0.320. The molecule has 1 heterocycles. The second-order valence-electron chi connectivity index (χ2n) is 6.15. The molecule has 0 bridgehead atoms. The number of rotatable bonds is 6. The monoisotopic (exact) mass is 339 g/mol. The number of hydrogen-bond donors (Lipinski definition) is 1. The van der Waals surface area contributed by atoms with E-state index < -0.39 is 0 Å². The van der Waals surface area contributed by atoms with Gasteiger partial charge in [-0.05, 0) is 30.5 Å². The van der Waals surface area contributed by atoms with Crippen molar-refractivity contribution in [3.05, 3.63) is 53.6 Å². The summed E-state index contributed by atoms with van der Waals surface area (Å²) in [5.74, 6) is 0.278. The van der Waals surface area contributed by atoms with Crippen LogP contribution in [0.4, 0.5) is 10.3 Å². The van der Waals surface area contributed by atoms with Crippen LogP contribution < -0.4 is 5.32 Å². The molecular formula is C18H18FN5O. The van der Waals surface area contributed by atoms with Crippen molar-refractivity contribution in [1.82, 2.24) is 14.9 Å². The van der Waals surface area contributed by atoms with Gasteiger partial charge in [0.1, 0.15) is 11.9 Å². The first-order valence-corrected chi connectivity index (χ1v) is 8.06. The lowest BCUT2D eigenvalue weighted by Gasteiger charge is -2.25. The maximum absolute atomic E-state index is 13.2. The average Bonchev–Trinajstić information content (AvgIpc) is 3.47. The number of likely N-dealkylation sites (N-methyl/N-ethyl adjacent to an activating group) is 1. The molecule has 7 heteroatoms. The molecule has 128 valence electrons. The van der Waals surface area contributed by atoms with Crippen LogP contribution in [-0.2, 0) is 4.79 Å². The lowest BCUT2D eigenvalue weighted by molar-refractivity contribution is -0.131. The third kappa shape index (κ3) is 4.29. The zero-order valence-electron chi connectivity index (χ0n) is 13.8. The molecule has 1 aromatic carbocycles. The molecule has 1 aromatic heterocycles. The summed E-state index contributed by atoms with van der Waals surface area (Å²) in [6.07, 6.45) is 4.74. The Labute approximate surface area is 145 Å². The summed E-state index contributed by atoms with van der Waals surface area (Å²) in [5.41, 5.74) is 1.19. The Bertz CT molecular complexity index is 781. The summed E-state index contributed by atoms with van der Waals surface area (Å²) in [4.78, 5) is 22.1. The number of benzene rings is 1. The van der Waals surface area contributed by atoms with Crippen LogP contribution in [0.1, 0.15) is 30.0 Å². The van der Waals surface area contributed by atoms with Gasteiger partial charge in [0.25, 0.3) is 0 Å². The van der Waals surface area contributed by atoms with Gasteiger partial charge in [-0.15, -0.1) is 0 Å². The van der Waals surface area contributed by atoms with Crippen molar-refractivity contribution in [3.8, 4) is 6.07 Å². The normalized spacial score (nSPS) is 14.4. The van der Waals surface area contributed by atoms with E-state index in [9.17, 15) is 9.18 Å². The summed E-state index contributed by atoms with van der Waals surface area (Å²) < 4.78 is 13.2. The Balaban J connectivity index is 1.78. The fourth-order valence-corrected chi connectivity index (χ4v) is 2.55. The Kier molecular flexibility index (Phi) is 4.89. The predicted molar refractivity (Wildman–Crippen MR) is 89.9 cm³/mol. The van der Waals surface area contributed by atoms with E-state index in [1.54, 1.807) is 24.1 Å². The molecule has 3 rings (SSSR count).